The van der Waals surface area contributed by atoms with Crippen LogP contribution in [-0.4, -0.2) is 15.8 Å². The minimum Gasteiger partial charge on any atom is -0.508 e. The van der Waals surface area contributed by atoms with Crippen molar-refractivity contribution in [2.45, 2.75) is 57.0 Å². The van der Waals surface area contributed by atoms with Gasteiger partial charge >= 0.3 is 0 Å². The fourth-order valence-corrected chi connectivity index (χ4v) is 5.82. The van der Waals surface area contributed by atoms with E-state index in [2.05, 4.69) is 18.9 Å². The standard InChI is InChI=1S/C20H24O2/c1-3-20(22)11-9-18-17-6-4-13-12-14(21)5-7-15(13)16(17)8-10-19(18,20)2/h1,5,7,12,16-18,21-22H,4,6,8-11H2,2H3/t16-,17+,18+,19+,20+/m0/s1. The van der Waals surface area contributed by atoms with Crippen LogP contribution in [0.2, 0.25) is 0 Å². The molecule has 0 aliphatic heterocycles. The van der Waals surface area contributed by atoms with Gasteiger partial charge < -0.3 is 10.2 Å². The van der Waals surface area contributed by atoms with E-state index >= 15 is 0 Å². The Morgan fingerprint density at radius 3 is 2.82 bits per heavy atom. The predicted molar refractivity (Wildman–Crippen MR) is 86.5 cm³/mol. The molecule has 0 saturated heterocycles. The number of phenolic OH excluding ortho intramolecular Hbond substituents is 1. The lowest BCUT2D eigenvalue weighted by Gasteiger charge is -2.52. The van der Waals surface area contributed by atoms with Gasteiger partial charge in [0, 0.05) is 5.41 Å². The third-order valence-corrected chi connectivity index (χ3v) is 7.10. The summed E-state index contributed by atoms with van der Waals surface area (Å²) < 4.78 is 0. The van der Waals surface area contributed by atoms with Crippen molar-refractivity contribution in [2.24, 2.45) is 17.3 Å². The van der Waals surface area contributed by atoms with Gasteiger partial charge in [0.25, 0.3) is 0 Å². The maximum atomic E-state index is 10.9. The molecule has 4 rings (SSSR count). The van der Waals surface area contributed by atoms with E-state index in [9.17, 15) is 10.2 Å². The van der Waals surface area contributed by atoms with Crippen LogP contribution in [0, 0.1) is 29.6 Å². The molecule has 116 valence electrons. The number of aromatic hydroxyl groups is 1. The van der Waals surface area contributed by atoms with Gasteiger partial charge in [0.05, 0.1) is 0 Å². The van der Waals surface area contributed by atoms with Gasteiger partial charge in [-0.3, -0.25) is 0 Å². The molecule has 3 aliphatic rings. The summed E-state index contributed by atoms with van der Waals surface area (Å²) >= 11 is 0. The first kappa shape index (κ1) is 14.2. The highest BCUT2D eigenvalue weighted by atomic mass is 16.3. The van der Waals surface area contributed by atoms with E-state index in [0.717, 1.165) is 38.5 Å². The van der Waals surface area contributed by atoms with Crippen LogP contribution in [0.5, 0.6) is 5.75 Å². The van der Waals surface area contributed by atoms with Crippen molar-refractivity contribution in [3.63, 3.8) is 0 Å². The Balaban J connectivity index is 1.72. The summed E-state index contributed by atoms with van der Waals surface area (Å²) in [6.45, 7) is 2.22. The number of terminal acetylenes is 1. The summed E-state index contributed by atoms with van der Waals surface area (Å²) in [5, 5.41) is 20.6. The second kappa shape index (κ2) is 4.52. The second-order valence-electron chi connectivity index (χ2n) is 7.80. The van der Waals surface area contributed by atoms with E-state index in [-0.39, 0.29) is 5.41 Å². The predicted octanol–water partition coefficient (Wildman–Crippen LogP) is 3.61. The number of aryl methyl sites for hydroxylation is 1. The molecule has 0 amide bonds. The summed E-state index contributed by atoms with van der Waals surface area (Å²) in [4.78, 5) is 0. The van der Waals surface area contributed by atoms with Crippen LogP contribution in [0.3, 0.4) is 0 Å². The van der Waals surface area contributed by atoms with Crippen LogP contribution in [0.1, 0.15) is 56.1 Å². The van der Waals surface area contributed by atoms with E-state index < -0.39 is 5.60 Å². The normalized spacial score (nSPS) is 42.9. The van der Waals surface area contributed by atoms with Gasteiger partial charge in [-0.2, -0.15) is 0 Å². The molecule has 22 heavy (non-hydrogen) atoms. The first-order chi connectivity index (χ1) is 10.5. The second-order valence-corrected chi connectivity index (χ2v) is 7.80. The van der Waals surface area contributed by atoms with E-state index in [1.807, 2.05) is 12.1 Å². The number of hydrogen-bond donors (Lipinski definition) is 2. The van der Waals surface area contributed by atoms with E-state index in [0.29, 0.717) is 23.5 Å². The monoisotopic (exact) mass is 296 g/mol. The topological polar surface area (TPSA) is 40.5 Å². The van der Waals surface area contributed by atoms with Gasteiger partial charge in [0.1, 0.15) is 11.4 Å². The molecule has 0 aromatic heterocycles. The molecule has 1 aromatic carbocycles. The van der Waals surface area contributed by atoms with Gasteiger partial charge in [-0.15, -0.1) is 6.42 Å². The van der Waals surface area contributed by atoms with Gasteiger partial charge in [-0.1, -0.05) is 18.9 Å². The van der Waals surface area contributed by atoms with Gasteiger partial charge in [-0.05, 0) is 79.5 Å². The third kappa shape index (κ3) is 1.66. The van der Waals surface area contributed by atoms with Crippen molar-refractivity contribution in [3.8, 4) is 18.1 Å². The Hall–Kier alpha value is -1.46. The number of fused-ring (bicyclic) bond motifs is 5. The van der Waals surface area contributed by atoms with E-state index in [1.165, 1.54) is 11.1 Å². The summed E-state index contributed by atoms with van der Waals surface area (Å²) in [6, 6.07) is 5.87. The van der Waals surface area contributed by atoms with Crippen molar-refractivity contribution in [2.75, 3.05) is 0 Å². The smallest absolute Gasteiger partial charge is 0.130 e. The van der Waals surface area contributed by atoms with Crippen LogP contribution >= 0.6 is 0 Å². The van der Waals surface area contributed by atoms with Crippen LogP contribution < -0.4 is 0 Å². The maximum absolute atomic E-state index is 10.9. The minimum absolute atomic E-state index is 0.128. The lowest BCUT2D eigenvalue weighted by molar-refractivity contribution is -0.0646. The minimum atomic E-state index is -0.919. The van der Waals surface area contributed by atoms with E-state index in [4.69, 9.17) is 6.42 Å². The van der Waals surface area contributed by atoms with Crippen molar-refractivity contribution in [1.82, 2.24) is 0 Å². The molecule has 0 unspecified atom stereocenters. The molecule has 5 atom stereocenters. The Morgan fingerprint density at radius 1 is 1.23 bits per heavy atom. The molecule has 2 heteroatoms. The fraction of sp³-hybridized carbons (Fsp3) is 0.600. The highest BCUT2D eigenvalue weighted by molar-refractivity contribution is 5.40. The number of phenols is 1. The van der Waals surface area contributed by atoms with Crippen molar-refractivity contribution in [3.05, 3.63) is 29.3 Å². The zero-order valence-electron chi connectivity index (χ0n) is 13.2. The summed E-state index contributed by atoms with van der Waals surface area (Å²) in [6.07, 6.45) is 11.8. The lowest BCUT2D eigenvalue weighted by Crippen LogP contribution is -2.50. The number of rotatable bonds is 0. The van der Waals surface area contributed by atoms with Crippen LogP contribution in [0.15, 0.2) is 18.2 Å². The molecule has 1 aromatic rings. The molecule has 2 nitrogen and oxygen atoms in total. The van der Waals surface area contributed by atoms with Crippen LogP contribution in [0.4, 0.5) is 0 Å². The highest BCUT2D eigenvalue weighted by Crippen LogP contribution is 2.64. The molecular formula is C20H24O2. The highest BCUT2D eigenvalue weighted by Gasteiger charge is 2.61. The zero-order valence-corrected chi connectivity index (χ0v) is 13.2. The Labute approximate surface area is 132 Å². The van der Waals surface area contributed by atoms with Gasteiger partial charge in [-0.25, -0.2) is 0 Å². The number of hydrogen-bond acceptors (Lipinski definition) is 2. The molecule has 0 spiro atoms. The summed E-state index contributed by atoms with van der Waals surface area (Å²) in [7, 11) is 0. The third-order valence-electron chi connectivity index (χ3n) is 7.10. The van der Waals surface area contributed by atoms with Crippen molar-refractivity contribution in [1.29, 1.82) is 0 Å². The molecule has 2 N–H and O–H groups in total. The lowest BCUT2D eigenvalue weighted by atomic mass is 9.53. The summed E-state index contributed by atoms with van der Waals surface area (Å²) in [5.74, 6) is 4.82. The largest absolute Gasteiger partial charge is 0.508 e. The fourth-order valence-electron chi connectivity index (χ4n) is 5.82. The number of benzene rings is 1. The number of aliphatic hydroxyl groups is 1. The molecule has 0 radical (unpaired) electrons. The molecule has 2 saturated carbocycles. The first-order valence-corrected chi connectivity index (χ1v) is 8.50. The van der Waals surface area contributed by atoms with E-state index in [1.54, 1.807) is 0 Å². The van der Waals surface area contributed by atoms with Gasteiger partial charge in [0.15, 0.2) is 0 Å². The molecule has 0 bridgehead atoms. The Morgan fingerprint density at radius 2 is 2.05 bits per heavy atom. The van der Waals surface area contributed by atoms with Crippen LogP contribution in [-0.2, 0) is 6.42 Å². The Kier molecular flexibility index (Phi) is 2.91. The van der Waals surface area contributed by atoms with Gasteiger partial charge in [0.2, 0.25) is 0 Å². The molecule has 0 heterocycles. The maximum Gasteiger partial charge on any atom is 0.130 e. The average Bonchev–Trinajstić information content (AvgIpc) is 2.79. The SMILES string of the molecule is C#C[C@@]1(O)CC[C@@H]2[C@@H]3CCc4cc(O)ccc4[C@@H]3CC[C@]21C. The van der Waals surface area contributed by atoms with Crippen molar-refractivity contribution >= 4 is 0 Å². The van der Waals surface area contributed by atoms with Crippen LogP contribution in [0.25, 0.3) is 0 Å². The average molecular weight is 296 g/mol. The molecule has 3 aliphatic carbocycles. The Bertz CT molecular complexity index is 658. The summed E-state index contributed by atoms with van der Waals surface area (Å²) in [5.41, 5.74) is 1.69. The molecular weight excluding hydrogens is 272 g/mol. The quantitative estimate of drug-likeness (QED) is 0.718. The zero-order chi connectivity index (χ0) is 15.5. The van der Waals surface area contributed by atoms with Crippen molar-refractivity contribution < 1.29 is 10.2 Å². The molecule has 2 fully saturated rings. The first-order valence-electron chi connectivity index (χ1n) is 8.50.